The van der Waals surface area contributed by atoms with Crippen molar-refractivity contribution in [2.24, 2.45) is 0 Å². The molecule has 0 aliphatic carbocycles. The van der Waals surface area contributed by atoms with Crippen molar-refractivity contribution in [2.75, 3.05) is 5.75 Å². The molecule has 0 amide bonds. The Balaban J connectivity index is 2.71. The van der Waals surface area contributed by atoms with Crippen LogP contribution in [0.1, 0.15) is 25.5 Å². The molecule has 0 radical (unpaired) electrons. The summed E-state index contributed by atoms with van der Waals surface area (Å²) in [6.45, 7) is 4.34. The zero-order valence-corrected chi connectivity index (χ0v) is 8.01. The minimum absolute atomic E-state index is 0.513. The number of hydrogen-bond donors (Lipinski definition) is 1. The molecular weight excluding hydrogens is 154 g/mol. The molecular formula is C9H15NS. The van der Waals surface area contributed by atoms with E-state index in [1.807, 2.05) is 0 Å². The Labute approximate surface area is 73.8 Å². The molecule has 0 N–H and O–H groups in total. The number of aromatic nitrogens is 1. The fourth-order valence-corrected chi connectivity index (χ4v) is 1.23. The Morgan fingerprint density at radius 1 is 1.64 bits per heavy atom. The molecule has 0 aliphatic rings. The van der Waals surface area contributed by atoms with Gasteiger partial charge in [-0.05, 0) is 25.0 Å². The molecule has 0 spiro atoms. The minimum atomic E-state index is 0.513. The second-order valence-corrected chi connectivity index (χ2v) is 3.22. The molecule has 1 rings (SSSR count). The number of thiol groups is 1. The topological polar surface area (TPSA) is 4.93 Å². The molecule has 1 aromatic rings. The smallest absolute Gasteiger partial charge is 0.0390 e. The summed E-state index contributed by atoms with van der Waals surface area (Å²) in [6, 6.07) is 2.68. The molecule has 0 saturated carbocycles. The Kier molecular flexibility index (Phi) is 3.06. The number of rotatable bonds is 3. The second kappa shape index (κ2) is 3.86. The van der Waals surface area contributed by atoms with E-state index in [9.17, 15) is 0 Å². The Morgan fingerprint density at radius 2 is 2.36 bits per heavy atom. The van der Waals surface area contributed by atoms with Gasteiger partial charge in [-0.25, -0.2) is 0 Å². The summed E-state index contributed by atoms with van der Waals surface area (Å²) in [6.07, 6.45) is 5.44. The Hall–Kier alpha value is -0.370. The lowest BCUT2D eigenvalue weighted by molar-refractivity contribution is 0.613. The van der Waals surface area contributed by atoms with E-state index in [1.165, 1.54) is 5.56 Å². The van der Waals surface area contributed by atoms with E-state index in [-0.39, 0.29) is 0 Å². The lowest BCUT2D eigenvalue weighted by Gasteiger charge is -2.09. The number of hydrogen-bond acceptors (Lipinski definition) is 1. The predicted octanol–water partition coefficient (Wildman–Crippen LogP) is 2.54. The first-order valence-corrected chi connectivity index (χ1v) is 4.68. The first kappa shape index (κ1) is 8.72. The molecule has 1 atom stereocenters. The Morgan fingerprint density at radius 3 is 2.82 bits per heavy atom. The van der Waals surface area contributed by atoms with Crippen molar-refractivity contribution < 1.29 is 0 Å². The van der Waals surface area contributed by atoms with Crippen molar-refractivity contribution in [1.29, 1.82) is 0 Å². The molecule has 0 aliphatic heterocycles. The van der Waals surface area contributed by atoms with Crippen LogP contribution in [0.5, 0.6) is 0 Å². The summed E-state index contributed by atoms with van der Waals surface area (Å²) in [4.78, 5) is 0. The van der Waals surface area contributed by atoms with Crippen LogP contribution in [0.4, 0.5) is 0 Å². The molecule has 11 heavy (non-hydrogen) atoms. The summed E-state index contributed by atoms with van der Waals surface area (Å²) < 4.78 is 2.21. The van der Waals surface area contributed by atoms with E-state index < -0.39 is 0 Å². The van der Waals surface area contributed by atoms with Gasteiger partial charge in [0.25, 0.3) is 0 Å². The van der Waals surface area contributed by atoms with Crippen molar-refractivity contribution in [3.8, 4) is 0 Å². The third-order valence-corrected chi connectivity index (χ3v) is 2.49. The molecule has 0 fully saturated rings. The monoisotopic (exact) mass is 169 g/mol. The van der Waals surface area contributed by atoms with Crippen LogP contribution in [0, 0.1) is 0 Å². The van der Waals surface area contributed by atoms with Gasteiger partial charge in [-0.15, -0.1) is 0 Å². The van der Waals surface area contributed by atoms with E-state index in [2.05, 4.69) is 49.5 Å². The lowest BCUT2D eigenvalue weighted by Crippen LogP contribution is -2.02. The Bertz CT molecular complexity index is 217. The molecule has 1 heterocycles. The zero-order valence-electron chi connectivity index (χ0n) is 7.12. The molecule has 2 heteroatoms. The highest BCUT2D eigenvalue weighted by Crippen LogP contribution is 2.10. The van der Waals surface area contributed by atoms with Crippen molar-refractivity contribution in [1.82, 2.24) is 4.57 Å². The average Bonchev–Trinajstić information content (AvgIpc) is 2.50. The van der Waals surface area contributed by atoms with Crippen molar-refractivity contribution in [3.63, 3.8) is 0 Å². The van der Waals surface area contributed by atoms with Gasteiger partial charge in [-0.3, -0.25) is 0 Å². The number of aryl methyl sites for hydroxylation is 1. The SMILES string of the molecule is CCc1ccn(C(C)CS)c1. The first-order chi connectivity index (χ1) is 5.27. The van der Waals surface area contributed by atoms with E-state index in [1.54, 1.807) is 0 Å². The van der Waals surface area contributed by atoms with Crippen molar-refractivity contribution in [2.45, 2.75) is 26.3 Å². The highest BCUT2D eigenvalue weighted by atomic mass is 32.1. The van der Waals surface area contributed by atoms with E-state index >= 15 is 0 Å². The van der Waals surface area contributed by atoms with Crippen LogP contribution >= 0.6 is 12.6 Å². The first-order valence-electron chi connectivity index (χ1n) is 4.05. The average molecular weight is 169 g/mol. The molecule has 0 bridgehead atoms. The third kappa shape index (κ3) is 2.03. The molecule has 1 aromatic heterocycles. The molecule has 0 aromatic carbocycles. The maximum absolute atomic E-state index is 4.24. The third-order valence-electron chi connectivity index (χ3n) is 1.96. The van der Waals surface area contributed by atoms with E-state index in [0.717, 1.165) is 12.2 Å². The quantitative estimate of drug-likeness (QED) is 0.663. The summed E-state index contributed by atoms with van der Waals surface area (Å²) in [5.41, 5.74) is 1.40. The van der Waals surface area contributed by atoms with Crippen molar-refractivity contribution in [3.05, 3.63) is 24.0 Å². The van der Waals surface area contributed by atoms with Gasteiger partial charge in [0.05, 0.1) is 0 Å². The van der Waals surface area contributed by atoms with Gasteiger partial charge >= 0.3 is 0 Å². The summed E-state index contributed by atoms with van der Waals surface area (Å²) in [5.74, 6) is 0.901. The van der Waals surface area contributed by atoms with Crippen LogP contribution in [-0.4, -0.2) is 10.3 Å². The summed E-state index contributed by atoms with van der Waals surface area (Å²) in [7, 11) is 0. The van der Waals surface area contributed by atoms with Gasteiger partial charge in [0, 0.05) is 24.2 Å². The lowest BCUT2D eigenvalue weighted by atomic mass is 10.3. The van der Waals surface area contributed by atoms with Crippen LogP contribution in [0.3, 0.4) is 0 Å². The molecule has 1 nitrogen and oxygen atoms in total. The maximum Gasteiger partial charge on any atom is 0.0390 e. The van der Waals surface area contributed by atoms with Crippen molar-refractivity contribution >= 4 is 12.6 Å². The zero-order chi connectivity index (χ0) is 8.27. The normalized spacial score (nSPS) is 13.4. The van der Waals surface area contributed by atoms with Crippen LogP contribution in [0.2, 0.25) is 0 Å². The number of nitrogens with zero attached hydrogens (tertiary/aromatic N) is 1. The largest absolute Gasteiger partial charge is 0.350 e. The van der Waals surface area contributed by atoms with Crippen LogP contribution in [-0.2, 0) is 6.42 Å². The molecule has 0 saturated heterocycles. The second-order valence-electron chi connectivity index (χ2n) is 2.85. The fraction of sp³-hybridized carbons (Fsp3) is 0.556. The predicted molar refractivity (Wildman–Crippen MR) is 52.4 cm³/mol. The van der Waals surface area contributed by atoms with E-state index in [0.29, 0.717) is 6.04 Å². The maximum atomic E-state index is 4.24. The van der Waals surface area contributed by atoms with Crippen LogP contribution in [0.25, 0.3) is 0 Å². The highest BCUT2D eigenvalue weighted by Gasteiger charge is 2.00. The highest BCUT2D eigenvalue weighted by molar-refractivity contribution is 7.80. The van der Waals surface area contributed by atoms with Gasteiger partial charge in [0.1, 0.15) is 0 Å². The van der Waals surface area contributed by atoms with Gasteiger partial charge in [0.2, 0.25) is 0 Å². The molecule has 1 unspecified atom stereocenters. The fourth-order valence-electron chi connectivity index (χ4n) is 1.04. The van der Waals surface area contributed by atoms with Gasteiger partial charge in [-0.2, -0.15) is 12.6 Å². The van der Waals surface area contributed by atoms with E-state index in [4.69, 9.17) is 0 Å². The summed E-state index contributed by atoms with van der Waals surface area (Å²) in [5, 5.41) is 0. The molecule has 62 valence electrons. The van der Waals surface area contributed by atoms with Crippen LogP contribution in [0.15, 0.2) is 18.5 Å². The van der Waals surface area contributed by atoms with Gasteiger partial charge < -0.3 is 4.57 Å². The van der Waals surface area contributed by atoms with Crippen LogP contribution < -0.4 is 0 Å². The standard InChI is InChI=1S/C9H15NS/c1-3-9-4-5-10(6-9)8(2)7-11/h4-6,8,11H,3,7H2,1-2H3. The minimum Gasteiger partial charge on any atom is -0.350 e. The van der Waals surface area contributed by atoms with Gasteiger partial charge in [-0.1, -0.05) is 6.92 Å². The van der Waals surface area contributed by atoms with Gasteiger partial charge in [0.15, 0.2) is 0 Å². The summed E-state index contributed by atoms with van der Waals surface area (Å²) >= 11 is 4.24.